The third-order valence-corrected chi connectivity index (χ3v) is 3.34. The highest BCUT2D eigenvalue weighted by Crippen LogP contribution is 2.24. The van der Waals surface area contributed by atoms with E-state index in [1.807, 2.05) is 28.9 Å². The van der Waals surface area contributed by atoms with E-state index in [1.165, 1.54) is 13.0 Å². The third-order valence-electron chi connectivity index (χ3n) is 3.34. The summed E-state index contributed by atoms with van der Waals surface area (Å²) in [6.07, 6.45) is 3.14. The van der Waals surface area contributed by atoms with Gasteiger partial charge in [0.1, 0.15) is 0 Å². The molecule has 1 saturated heterocycles. The molecule has 1 fully saturated rings. The van der Waals surface area contributed by atoms with Gasteiger partial charge in [0.15, 0.2) is 11.5 Å². The maximum absolute atomic E-state index is 4.59. The summed E-state index contributed by atoms with van der Waals surface area (Å²) in [4.78, 5) is 7.04. The highest BCUT2D eigenvalue weighted by Gasteiger charge is 2.25. The molecule has 84 valence electrons. The van der Waals surface area contributed by atoms with Crippen LogP contribution in [0.25, 0.3) is 5.65 Å². The molecular weight excluding hydrogens is 200 g/mol. The van der Waals surface area contributed by atoms with Crippen LogP contribution in [0.5, 0.6) is 0 Å². The van der Waals surface area contributed by atoms with E-state index in [1.54, 1.807) is 0 Å². The molecule has 2 aromatic rings. The van der Waals surface area contributed by atoms with Crippen molar-refractivity contribution in [1.29, 1.82) is 0 Å². The summed E-state index contributed by atoms with van der Waals surface area (Å²) < 4.78 is 1.87. The Morgan fingerprint density at radius 3 is 3.12 bits per heavy atom. The van der Waals surface area contributed by atoms with E-state index in [4.69, 9.17) is 0 Å². The molecular formula is C12H16N4. The van der Waals surface area contributed by atoms with Crippen molar-refractivity contribution in [1.82, 2.24) is 19.5 Å². The van der Waals surface area contributed by atoms with Gasteiger partial charge in [-0.05, 0) is 31.6 Å². The molecule has 0 bridgehead atoms. The number of fused-ring (bicyclic) bond motifs is 1. The Labute approximate surface area is 94.9 Å². The van der Waals surface area contributed by atoms with Crippen LogP contribution in [0, 0.1) is 0 Å². The zero-order valence-corrected chi connectivity index (χ0v) is 9.50. The van der Waals surface area contributed by atoms with E-state index in [9.17, 15) is 0 Å². The molecule has 0 radical (unpaired) electrons. The van der Waals surface area contributed by atoms with Gasteiger partial charge in [-0.1, -0.05) is 13.0 Å². The summed E-state index contributed by atoms with van der Waals surface area (Å²) in [5.41, 5.74) is 0.951. The first kappa shape index (κ1) is 9.78. The Morgan fingerprint density at radius 1 is 1.44 bits per heavy atom. The number of aromatic nitrogens is 3. The van der Waals surface area contributed by atoms with Crippen molar-refractivity contribution in [2.75, 3.05) is 19.6 Å². The van der Waals surface area contributed by atoms with E-state index >= 15 is 0 Å². The highest BCUT2D eigenvalue weighted by atomic mass is 15.3. The molecule has 0 spiro atoms. The quantitative estimate of drug-likeness (QED) is 0.763. The normalized spacial score (nSPS) is 21.9. The van der Waals surface area contributed by atoms with Gasteiger partial charge in [-0.15, -0.1) is 0 Å². The van der Waals surface area contributed by atoms with E-state index in [-0.39, 0.29) is 0 Å². The van der Waals surface area contributed by atoms with Gasteiger partial charge < -0.3 is 4.90 Å². The monoisotopic (exact) mass is 216 g/mol. The van der Waals surface area contributed by atoms with Crippen molar-refractivity contribution in [3.63, 3.8) is 0 Å². The Morgan fingerprint density at radius 2 is 2.38 bits per heavy atom. The Bertz CT molecular complexity index is 457. The zero-order chi connectivity index (χ0) is 11.0. The van der Waals surface area contributed by atoms with Crippen LogP contribution in [-0.2, 0) is 0 Å². The number of hydrogen-bond donors (Lipinski definition) is 0. The predicted octanol–water partition coefficient (Wildman–Crippen LogP) is 1.54. The van der Waals surface area contributed by atoms with E-state index in [2.05, 4.69) is 21.9 Å². The number of hydrogen-bond acceptors (Lipinski definition) is 3. The van der Waals surface area contributed by atoms with Crippen molar-refractivity contribution in [2.24, 2.45) is 0 Å². The molecule has 1 unspecified atom stereocenters. The van der Waals surface area contributed by atoms with Crippen molar-refractivity contribution < 1.29 is 0 Å². The van der Waals surface area contributed by atoms with Crippen LogP contribution in [0.4, 0.5) is 0 Å². The Balaban J connectivity index is 1.89. The topological polar surface area (TPSA) is 33.4 Å². The molecule has 0 N–H and O–H groups in total. The van der Waals surface area contributed by atoms with Crippen LogP contribution in [-0.4, -0.2) is 39.1 Å². The number of pyridine rings is 1. The molecule has 4 nitrogen and oxygen atoms in total. The maximum atomic E-state index is 4.59. The maximum Gasteiger partial charge on any atom is 0.156 e. The standard InChI is InChI=1S/C12H16N4/c1-2-15-8-6-10(9-15)12-13-11-5-3-4-7-16(11)14-12/h3-5,7,10H,2,6,8-9H2,1H3. The first-order valence-corrected chi connectivity index (χ1v) is 5.90. The van der Waals surface area contributed by atoms with Crippen LogP contribution < -0.4 is 0 Å². The van der Waals surface area contributed by atoms with Gasteiger partial charge in [0.05, 0.1) is 0 Å². The van der Waals surface area contributed by atoms with Crippen LogP contribution in [0.15, 0.2) is 24.4 Å². The van der Waals surface area contributed by atoms with Gasteiger partial charge in [-0.2, -0.15) is 5.10 Å². The smallest absolute Gasteiger partial charge is 0.156 e. The molecule has 1 atom stereocenters. The fourth-order valence-corrected chi connectivity index (χ4v) is 2.35. The van der Waals surface area contributed by atoms with Crippen LogP contribution in [0.2, 0.25) is 0 Å². The molecule has 0 amide bonds. The lowest BCUT2D eigenvalue weighted by molar-refractivity contribution is 0.352. The molecule has 0 aromatic carbocycles. The Kier molecular flexibility index (Phi) is 2.36. The first-order chi connectivity index (χ1) is 7.86. The van der Waals surface area contributed by atoms with E-state index < -0.39 is 0 Å². The lowest BCUT2D eigenvalue weighted by Gasteiger charge is -2.10. The summed E-state index contributed by atoms with van der Waals surface area (Å²) in [5, 5.41) is 4.54. The molecule has 2 aromatic heterocycles. The Hall–Kier alpha value is -1.42. The zero-order valence-electron chi connectivity index (χ0n) is 9.50. The minimum Gasteiger partial charge on any atom is -0.303 e. The molecule has 0 aliphatic carbocycles. The summed E-state index contributed by atoms with van der Waals surface area (Å²) in [6.45, 7) is 5.62. The van der Waals surface area contributed by atoms with Crippen molar-refractivity contribution in [3.8, 4) is 0 Å². The van der Waals surface area contributed by atoms with Gasteiger partial charge in [-0.25, -0.2) is 9.50 Å². The summed E-state index contributed by atoms with van der Waals surface area (Å²) in [5.74, 6) is 1.52. The molecule has 3 heterocycles. The second-order valence-electron chi connectivity index (χ2n) is 4.35. The summed E-state index contributed by atoms with van der Waals surface area (Å²) in [7, 11) is 0. The summed E-state index contributed by atoms with van der Waals surface area (Å²) in [6, 6.07) is 5.99. The number of likely N-dealkylation sites (tertiary alicyclic amines) is 1. The largest absolute Gasteiger partial charge is 0.303 e. The minimum absolute atomic E-state index is 0.514. The third kappa shape index (κ3) is 1.59. The lowest BCUT2D eigenvalue weighted by atomic mass is 10.1. The van der Waals surface area contributed by atoms with Gasteiger partial charge in [0.2, 0.25) is 0 Å². The fraction of sp³-hybridized carbons (Fsp3) is 0.500. The molecule has 4 heteroatoms. The predicted molar refractivity (Wildman–Crippen MR) is 62.5 cm³/mol. The molecule has 3 rings (SSSR count). The molecule has 16 heavy (non-hydrogen) atoms. The van der Waals surface area contributed by atoms with Crippen LogP contribution >= 0.6 is 0 Å². The van der Waals surface area contributed by atoms with E-state index in [0.29, 0.717) is 5.92 Å². The van der Waals surface area contributed by atoms with Gasteiger partial charge in [-0.3, -0.25) is 0 Å². The van der Waals surface area contributed by atoms with Crippen LogP contribution in [0.1, 0.15) is 25.1 Å². The second kappa shape index (κ2) is 3.87. The van der Waals surface area contributed by atoms with Gasteiger partial charge in [0.25, 0.3) is 0 Å². The summed E-state index contributed by atoms with van der Waals surface area (Å²) >= 11 is 0. The molecule has 0 saturated carbocycles. The van der Waals surface area contributed by atoms with Gasteiger partial charge >= 0.3 is 0 Å². The van der Waals surface area contributed by atoms with E-state index in [0.717, 1.165) is 24.6 Å². The van der Waals surface area contributed by atoms with Crippen molar-refractivity contribution in [2.45, 2.75) is 19.3 Å². The number of likely N-dealkylation sites (N-methyl/N-ethyl adjacent to an activating group) is 1. The highest BCUT2D eigenvalue weighted by molar-refractivity contribution is 5.36. The SMILES string of the molecule is CCN1CCC(c2nc3ccccn3n2)C1. The van der Waals surface area contributed by atoms with Crippen molar-refractivity contribution in [3.05, 3.63) is 30.2 Å². The minimum atomic E-state index is 0.514. The lowest BCUT2D eigenvalue weighted by Crippen LogP contribution is -2.19. The number of nitrogens with zero attached hydrogens (tertiary/aromatic N) is 4. The average molecular weight is 216 g/mol. The average Bonchev–Trinajstić information content (AvgIpc) is 2.95. The molecule has 1 aliphatic heterocycles. The van der Waals surface area contributed by atoms with Crippen molar-refractivity contribution >= 4 is 5.65 Å². The first-order valence-electron chi connectivity index (χ1n) is 5.90. The fourth-order valence-electron chi connectivity index (χ4n) is 2.35. The molecule has 1 aliphatic rings. The number of rotatable bonds is 2. The van der Waals surface area contributed by atoms with Crippen LogP contribution in [0.3, 0.4) is 0 Å². The second-order valence-corrected chi connectivity index (χ2v) is 4.35. The van der Waals surface area contributed by atoms with Gasteiger partial charge in [0, 0.05) is 18.7 Å².